The lowest BCUT2D eigenvalue weighted by Gasteiger charge is -2.07. The van der Waals surface area contributed by atoms with E-state index in [2.05, 4.69) is 15.2 Å². The van der Waals surface area contributed by atoms with Gasteiger partial charge in [-0.1, -0.05) is 0 Å². The number of ether oxygens (including phenoxy) is 1. The molecule has 66 valence electrons. The van der Waals surface area contributed by atoms with Crippen molar-refractivity contribution in [2.75, 3.05) is 13.2 Å². The van der Waals surface area contributed by atoms with E-state index >= 15 is 0 Å². The van der Waals surface area contributed by atoms with E-state index in [4.69, 9.17) is 10.5 Å². The lowest BCUT2D eigenvalue weighted by Crippen LogP contribution is -2.27. The van der Waals surface area contributed by atoms with E-state index < -0.39 is 0 Å². The zero-order valence-corrected chi connectivity index (χ0v) is 6.95. The maximum Gasteiger partial charge on any atom is 0.147 e. The largest absolute Gasteiger partial charge is 0.379 e. The predicted molar refractivity (Wildman–Crippen MR) is 42.7 cm³/mol. The van der Waals surface area contributed by atoms with Gasteiger partial charge in [-0.3, -0.25) is 5.10 Å². The molecule has 5 heteroatoms. The fourth-order valence-electron chi connectivity index (χ4n) is 1.38. The molecule has 1 aromatic heterocycles. The summed E-state index contributed by atoms with van der Waals surface area (Å²) in [5, 5.41) is 6.81. The van der Waals surface area contributed by atoms with Gasteiger partial charge in [0.15, 0.2) is 0 Å². The van der Waals surface area contributed by atoms with Gasteiger partial charge in [0.25, 0.3) is 0 Å². The molecule has 2 atom stereocenters. The smallest absolute Gasteiger partial charge is 0.147 e. The molecule has 1 fully saturated rings. The van der Waals surface area contributed by atoms with Gasteiger partial charge in [-0.05, 0) is 6.92 Å². The van der Waals surface area contributed by atoms with E-state index in [1.165, 1.54) is 0 Å². The molecule has 0 aromatic carbocycles. The van der Waals surface area contributed by atoms with Crippen molar-refractivity contribution >= 4 is 0 Å². The Morgan fingerprint density at radius 3 is 2.92 bits per heavy atom. The summed E-state index contributed by atoms with van der Waals surface area (Å²) in [5.41, 5.74) is 5.81. The molecule has 0 amide bonds. The number of nitrogens with one attached hydrogen (secondary N) is 1. The Bertz CT molecular complexity index is 272. The maximum absolute atomic E-state index is 5.81. The normalized spacial score (nSPS) is 29.5. The second-order valence-corrected chi connectivity index (χ2v) is 3.08. The van der Waals surface area contributed by atoms with Crippen molar-refractivity contribution in [3.8, 4) is 0 Å². The van der Waals surface area contributed by atoms with Gasteiger partial charge in [-0.15, -0.1) is 0 Å². The molecule has 1 aliphatic rings. The van der Waals surface area contributed by atoms with Crippen LogP contribution < -0.4 is 5.73 Å². The van der Waals surface area contributed by atoms with Gasteiger partial charge < -0.3 is 10.5 Å². The van der Waals surface area contributed by atoms with Crippen LogP contribution in [0.2, 0.25) is 0 Å². The van der Waals surface area contributed by atoms with Crippen LogP contribution in [0.5, 0.6) is 0 Å². The molecule has 5 nitrogen and oxygen atoms in total. The average Bonchev–Trinajstić information content (AvgIpc) is 2.58. The first-order chi connectivity index (χ1) is 5.77. The maximum atomic E-state index is 5.81. The van der Waals surface area contributed by atoms with Crippen molar-refractivity contribution < 1.29 is 4.74 Å². The van der Waals surface area contributed by atoms with Crippen LogP contribution in [-0.2, 0) is 4.74 Å². The molecule has 0 spiro atoms. The van der Waals surface area contributed by atoms with Crippen LogP contribution in [0.3, 0.4) is 0 Å². The third-order valence-corrected chi connectivity index (χ3v) is 2.09. The Morgan fingerprint density at radius 2 is 2.42 bits per heavy atom. The fourth-order valence-corrected chi connectivity index (χ4v) is 1.38. The number of hydrogen-bond acceptors (Lipinski definition) is 4. The standard InChI is InChI=1S/C7H12N4O/c1-4-9-7(11-10-4)5-2-12-3-6(5)8/h5-6H,2-3,8H2,1H3,(H,9,10,11)/t5-,6+/m1/s1. The second-order valence-electron chi connectivity index (χ2n) is 3.08. The Kier molecular flexibility index (Phi) is 1.82. The topological polar surface area (TPSA) is 76.8 Å². The summed E-state index contributed by atoms with van der Waals surface area (Å²) in [6.45, 7) is 3.11. The number of nitrogens with zero attached hydrogens (tertiary/aromatic N) is 2. The van der Waals surface area contributed by atoms with E-state index in [0.717, 1.165) is 11.6 Å². The van der Waals surface area contributed by atoms with Crippen molar-refractivity contribution in [1.82, 2.24) is 15.2 Å². The highest BCUT2D eigenvalue weighted by molar-refractivity contribution is 5.03. The number of H-pyrrole nitrogens is 1. The summed E-state index contributed by atoms with van der Waals surface area (Å²) < 4.78 is 5.22. The summed E-state index contributed by atoms with van der Waals surface area (Å²) in [6.07, 6.45) is 0. The van der Waals surface area contributed by atoms with Gasteiger partial charge in [0.2, 0.25) is 0 Å². The lowest BCUT2D eigenvalue weighted by molar-refractivity contribution is 0.190. The Balaban J connectivity index is 2.19. The summed E-state index contributed by atoms with van der Waals surface area (Å²) in [6, 6.07) is 0.0531. The summed E-state index contributed by atoms with van der Waals surface area (Å²) in [4.78, 5) is 4.22. The molecule has 0 unspecified atom stereocenters. The number of hydrogen-bond donors (Lipinski definition) is 2. The molecule has 12 heavy (non-hydrogen) atoms. The van der Waals surface area contributed by atoms with Gasteiger partial charge in [0, 0.05) is 6.04 Å². The average molecular weight is 168 g/mol. The van der Waals surface area contributed by atoms with Crippen molar-refractivity contribution in [2.24, 2.45) is 5.73 Å². The number of aromatic amines is 1. The molecule has 2 rings (SSSR count). The molecule has 2 heterocycles. The minimum atomic E-state index is 0.0531. The molecule has 0 bridgehead atoms. The van der Waals surface area contributed by atoms with Gasteiger partial charge in [0.1, 0.15) is 11.6 Å². The van der Waals surface area contributed by atoms with Crippen molar-refractivity contribution in [1.29, 1.82) is 0 Å². The third-order valence-electron chi connectivity index (χ3n) is 2.09. The Labute approximate surface area is 70.3 Å². The van der Waals surface area contributed by atoms with Gasteiger partial charge in [0.05, 0.1) is 19.1 Å². The lowest BCUT2D eigenvalue weighted by atomic mass is 10.0. The SMILES string of the molecule is Cc1n[nH]c([C@@H]2COC[C@@H]2N)n1. The first-order valence-electron chi connectivity index (χ1n) is 3.99. The van der Waals surface area contributed by atoms with Gasteiger partial charge in [-0.2, -0.15) is 5.10 Å². The minimum absolute atomic E-state index is 0.0531. The van der Waals surface area contributed by atoms with Crippen molar-refractivity contribution in [3.63, 3.8) is 0 Å². The molecular formula is C7H12N4O. The molecule has 0 aliphatic carbocycles. The fraction of sp³-hybridized carbons (Fsp3) is 0.714. The number of rotatable bonds is 1. The van der Waals surface area contributed by atoms with Crippen LogP contribution in [0, 0.1) is 6.92 Å². The van der Waals surface area contributed by atoms with Crippen LogP contribution in [0.4, 0.5) is 0 Å². The highest BCUT2D eigenvalue weighted by Crippen LogP contribution is 2.20. The molecule has 0 saturated carbocycles. The Hall–Kier alpha value is -0.940. The Morgan fingerprint density at radius 1 is 1.58 bits per heavy atom. The monoisotopic (exact) mass is 168 g/mol. The van der Waals surface area contributed by atoms with Crippen LogP contribution >= 0.6 is 0 Å². The van der Waals surface area contributed by atoms with Gasteiger partial charge >= 0.3 is 0 Å². The van der Waals surface area contributed by atoms with E-state index in [0.29, 0.717) is 13.2 Å². The summed E-state index contributed by atoms with van der Waals surface area (Å²) in [7, 11) is 0. The minimum Gasteiger partial charge on any atom is -0.379 e. The molecule has 1 aliphatic heterocycles. The van der Waals surface area contributed by atoms with E-state index in [-0.39, 0.29) is 12.0 Å². The quantitative estimate of drug-likeness (QED) is 0.595. The molecule has 1 aromatic rings. The third kappa shape index (κ3) is 1.21. The van der Waals surface area contributed by atoms with E-state index in [1.54, 1.807) is 0 Å². The van der Waals surface area contributed by atoms with Crippen LogP contribution in [0.25, 0.3) is 0 Å². The number of nitrogens with two attached hydrogens (primary N) is 1. The van der Waals surface area contributed by atoms with E-state index in [9.17, 15) is 0 Å². The van der Waals surface area contributed by atoms with Crippen molar-refractivity contribution in [2.45, 2.75) is 18.9 Å². The highest BCUT2D eigenvalue weighted by Gasteiger charge is 2.28. The molecule has 3 N–H and O–H groups in total. The zero-order valence-electron chi connectivity index (χ0n) is 6.95. The predicted octanol–water partition coefficient (Wildman–Crippen LogP) is -0.446. The van der Waals surface area contributed by atoms with Crippen molar-refractivity contribution in [3.05, 3.63) is 11.6 Å². The number of aryl methyl sites for hydroxylation is 1. The van der Waals surface area contributed by atoms with Crippen LogP contribution in [0.1, 0.15) is 17.6 Å². The second kappa shape index (κ2) is 2.84. The molecular weight excluding hydrogens is 156 g/mol. The van der Waals surface area contributed by atoms with Gasteiger partial charge in [-0.25, -0.2) is 4.98 Å². The molecule has 1 saturated heterocycles. The van der Waals surface area contributed by atoms with Crippen LogP contribution in [-0.4, -0.2) is 34.4 Å². The molecule has 0 radical (unpaired) electrons. The van der Waals surface area contributed by atoms with E-state index in [1.807, 2.05) is 6.92 Å². The van der Waals surface area contributed by atoms with Crippen LogP contribution in [0.15, 0.2) is 0 Å². The first kappa shape index (κ1) is 7.70. The summed E-state index contributed by atoms with van der Waals surface area (Å²) in [5.74, 6) is 1.79. The zero-order chi connectivity index (χ0) is 8.55. The highest BCUT2D eigenvalue weighted by atomic mass is 16.5. The summed E-state index contributed by atoms with van der Waals surface area (Å²) >= 11 is 0. The first-order valence-corrected chi connectivity index (χ1v) is 3.99. The number of aromatic nitrogens is 3.